The zero-order chi connectivity index (χ0) is 23.8. The van der Waals surface area contributed by atoms with E-state index in [0.717, 1.165) is 22.5 Å². The number of rotatable bonds is 4. The molecule has 4 rings (SSSR count). The van der Waals surface area contributed by atoms with Crippen molar-refractivity contribution in [1.82, 2.24) is 14.3 Å². The van der Waals surface area contributed by atoms with Gasteiger partial charge in [0.05, 0.1) is 17.2 Å². The zero-order valence-corrected chi connectivity index (χ0v) is 19.9. The molecule has 1 aromatic carbocycles. The third kappa shape index (κ3) is 5.22. The number of hydrogen-bond donors (Lipinski definition) is 1. The molecule has 2 aromatic heterocycles. The highest BCUT2D eigenvalue weighted by Gasteiger charge is 2.31. The van der Waals surface area contributed by atoms with Gasteiger partial charge in [-0.15, -0.1) is 0 Å². The van der Waals surface area contributed by atoms with Crippen molar-refractivity contribution in [2.45, 2.75) is 39.2 Å². The van der Waals surface area contributed by atoms with Gasteiger partial charge in [-0.05, 0) is 45.7 Å². The van der Waals surface area contributed by atoms with Crippen LogP contribution in [0.5, 0.6) is 0 Å². The smallest absolute Gasteiger partial charge is 0.309 e. The Morgan fingerprint density at radius 1 is 1.03 bits per heavy atom. The molecule has 1 amide bonds. The van der Waals surface area contributed by atoms with Crippen LogP contribution in [0.2, 0.25) is 0 Å². The highest BCUT2D eigenvalue weighted by molar-refractivity contribution is 7.80. The third-order valence-corrected chi connectivity index (χ3v) is 5.92. The number of likely N-dealkylation sites (tertiary alicyclic amines) is 1. The molecule has 8 heteroatoms. The van der Waals surface area contributed by atoms with E-state index in [4.69, 9.17) is 22.7 Å². The molecule has 0 saturated carbocycles. The van der Waals surface area contributed by atoms with Crippen LogP contribution in [0.25, 0.3) is 16.9 Å². The summed E-state index contributed by atoms with van der Waals surface area (Å²) in [6, 6.07) is 11.2. The van der Waals surface area contributed by atoms with Crippen molar-refractivity contribution < 1.29 is 14.3 Å². The van der Waals surface area contributed by atoms with Crippen molar-refractivity contribution in [2.24, 2.45) is 11.7 Å². The average molecular weight is 465 g/mol. The molecule has 1 saturated heterocycles. The number of nitrogens with zero attached hydrogens (tertiary/aromatic N) is 3. The van der Waals surface area contributed by atoms with Crippen LogP contribution in [0.15, 0.2) is 48.8 Å². The molecular formula is C25H28N4O3S. The molecule has 1 aliphatic heterocycles. The summed E-state index contributed by atoms with van der Waals surface area (Å²) in [5, 5.41) is 0. The molecule has 0 aliphatic carbocycles. The summed E-state index contributed by atoms with van der Waals surface area (Å²) < 4.78 is 7.36. The normalized spacial score (nSPS) is 14.9. The van der Waals surface area contributed by atoms with E-state index in [-0.39, 0.29) is 17.8 Å². The number of ether oxygens (including phenoxy) is 1. The number of aromatic nitrogens is 2. The third-order valence-electron chi connectivity index (χ3n) is 5.69. The van der Waals surface area contributed by atoms with Gasteiger partial charge in [-0.1, -0.05) is 36.5 Å². The quantitative estimate of drug-likeness (QED) is 0.466. The number of piperidine rings is 1. The van der Waals surface area contributed by atoms with Crippen LogP contribution in [0.3, 0.4) is 0 Å². The predicted octanol–water partition coefficient (Wildman–Crippen LogP) is 3.83. The Hall–Kier alpha value is -3.26. The first-order valence-corrected chi connectivity index (χ1v) is 11.4. The van der Waals surface area contributed by atoms with Crippen LogP contribution >= 0.6 is 12.2 Å². The summed E-state index contributed by atoms with van der Waals surface area (Å²) in [6.45, 7) is 6.67. The summed E-state index contributed by atoms with van der Waals surface area (Å²) in [4.78, 5) is 32.2. The molecule has 2 N–H and O–H groups in total. The molecule has 0 spiro atoms. The minimum Gasteiger partial charge on any atom is -0.460 e. The molecular weight excluding hydrogens is 436 g/mol. The maximum Gasteiger partial charge on any atom is 0.309 e. The van der Waals surface area contributed by atoms with Gasteiger partial charge in [0.15, 0.2) is 0 Å². The molecule has 33 heavy (non-hydrogen) atoms. The van der Waals surface area contributed by atoms with E-state index in [1.807, 2.05) is 61.7 Å². The zero-order valence-electron chi connectivity index (χ0n) is 19.1. The Kier molecular flexibility index (Phi) is 6.21. The van der Waals surface area contributed by atoms with E-state index in [0.29, 0.717) is 36.5 Å². The maximum absolute atomic E-state index is 13.1. The number of fused-ring (bicyclic) bond motifs is 1. The fourth-order valence-electron chi connectivity index (χ4n) is 3.95. The van der Waals surface area contributed by atoms with Crippen molar-refractivity contribution in [3.05, 3.63) is 59.9 Å². The minimum absolute atomic E-state index is 0.0457. The molecule has 7 nitrogen and oxygen atoms in total. The summed E-state index contributed by atoms with van der Waals surface area (Å²) in [5.41, 5.74) is 9.06. The van der Waals surface area contributed by atoms with Gasteiger partial charge < -0.3 is 19.8 Å². The molecule has 0 atom stereocenters. The first-order valence-electron chi connectivity index (χ1n) is 11.0. The highest BCUT2D eigenvalue weighted by atomic mass is 32.1. The summed E-state index contributed by atoms with van der Waals surface area (Å²) >= 11 is 5.01. The Labute approximate surface area is 198 Å². The molecule has 0 unspecified atom stereocenters. The number of carbonyl (C=O) groups excluding carboxylic acids is 2. The van der Waals surface area contributed by atoms with Crippen molar-refractivity contribution in [3.8, 4) is 11.3 Å². The summed E-state index contributed by atoms with van der Waals surface area (Å²) in [6.07, 6.45) is 4.93. The SMILES string of the molecule is CC(C)(C)OC(=O)C1CCN(C(=O)c2ccc3nc(-c4ccc(C(N)=S)cc4)cn3c2)CC1. The number of pyridine rings is 1. The number of imidazole rings is 1. The number of carbonyl (C=O) groups is 2. The maximum atomic E-state index is 13.1. The van der Waals surface area contributed by atoms with Crippen LogP contribution in [0.1, 0.15) is 49.5 Å². The van der Waals surface area contributed by atoms with E-state index in [2.05, 4.69) is 4.98 Å². The first-order chi connectivity index (χ1) is 15.6. The number of esters is 1. The van der Waals surface area contributed by atoms with Gasteiger partial charge in [-0.25, -0.2) is 4.98 Å². The van der Waals surface area contributed by atoms with Crippen molar-refractivity contribution in [3.63, 3.8) is 0 Å². The predicted molar refractivity (Wildman–Crippen MR) is 131 cm³/mol. The van der Waals surface area contributed by atoms with Crippen molar-refractivity contribution >= 4 is 34.7 Å². The van der Waals surface area contributed by atoms with Crippen LogP contribution < -0.4 is 5.73 Å². The molecule has 3 aromatic rings. The Morgan fingerprint density at radius 3 is 2.27 bits per heavy atom. The van der Waals surface area contributed by atoms with E-state index >= 15 is 0 Å². The van der Waals surface area contributed by atoms with E-state index < -0.39 is 5.60 Å². The lowest BCUT2D eigenvalue weighted by atomic mass is 9.96. The number of benzene rings is 1. The second-order valence-corrected chi connectivity index (χ2v) is 9.79. The Morgan fingerprint density at radius 2 is 1.67 bits per heavy atom. The van der Waals surface area contributed by atoms with Crippen molar-refractivity contribution in [1.29, 1.82) is 0 Å². The molecule has 1 aliphatic rings. The monoisotopic (exact) mass is 464 g/mol. The molecule has 0 radical (unpaired) electrons. The second-order valence-electron chi connectivity index (χ2n) is 9.35. The van der Waals surface area contributed by atoms with E-state index in [1.165, 1.54) is 0 Å². The Balaban J connectivity index is 1.45. The standard InChI is InChI=1S/C25H28N4O3S/c1-25(2,3)32-24(31)18-10-12-28(13-11-18)23(30)19-8-9-21-27-20(15-29(21)14-19)16-4-6-17(7-5-16)22(26)33/h4-9,14-15,18H,10-13H2,1-3H3,(H2,26,33). The summed E-state index contributed by atoms with van der Waals surface area (Å²) in [5.74, 6) is -0.383. The lowest BCUT2D eigenvalue weighted by molar-refractivity contribution is -0.161. The first kappa shape index (κ1) is 22.9. The van der Waals surface area contributed by atoms with Crippen LogP contribution in [0, 0.1) is 5.92 Å². The van der Waals surface area contributed by atoms with E-state index in [9.17, 15) is 9.59 Å². The number of nitrogens with two attached hydrogens (primary N) is 1. The summed E-state index contributed by atoms with van der Waals surface area (Å²) in [7, 11) is 0. The largest absolute Gasteiger partial charge is 0.460 e. The van der Waals surface area contributed by atoms with Crippen LogP contribution in [0.4, 0.5) is 0 Å². The number of thiocarbonyl (C=S) groups is 1. The average Bonchev–Trinajstić information content (AvgIpc) is 3.21. The van der Waals surface area contributed by atoms with Crippen molar-refractivity contribution in [2.75, 3.05) is 13.1 Å². The molecule has 1 fully saturated rings. The molecule has 0 bridgehead atoms. The topological polar surface area (TPSA) is 89.9 Å². The van der Waals surface area contributed by atoms with Gasteiger partial charge >= 0.3 is 5.97 Å². The van der Waals surface area contributed by atoms with E-state index in [1.54, 1.807) is 17.2 Å². The van der Waals surface area contributed by atoms with Crippen LogP contribution in [-0.4, -0.2) is 49.8 Å². The Bertz CT molecular complexity index is 1200. The number of amides is 1. The highest BCUT2D eigenvalue weighted by Crippen LogP contribution is 2.24. The van der Waals surface area contributed by atoms with Gasteiger partial charge in [-0.3, -0.25) is 9.59 Å². The second kappa shape index (κ2) is 8.94. The van der Waals surface area contributed by atoms with Gasteiger partial charge in [0.25, 0.3) is 5.91 Å². The van der Waals surface area contributed by atoms with Gasteiger partial charge in [0.2, 0.25) is 0 Å². The number of hydrogen-bond acceptors (Lipinski definition) is 5. The minimum atomic E-state index is -0.498. The van der Waals surface area contributed by atoms with Crippen LogP contribution in [-0.2, 0) is 9.53 Å². The fraction of sp³-hybridized carbons (Fsp3) is 0.360. The lowest BCUT2D eigenvalue weighted by Crippen LogP contribution is -2.41. The lowest BCUT2D eigenvalue weighted by Gasteiger charge is -2.32. The molecule has 172 valence electrons. The van der Waals surface area contributed by atoms with Gasteiger partial charge in [0.1, 0.15) is 16.2 Å². The van der Waals surface area contributed by atoms with Gasteiger partial charge in [0, 0.05) is 36.6 Å². The molecule has 3 heterocycles. The van der Waals surface area contributed by atoms with Gasteiger partial charge in [-0.2, -0.15) is 0 Å². The fourth-order valence-corrected chi connectivity index (χ4v) is 4.08.